The maximum absolute atomic E-state index is 11.2. The molecule has 0 aliphatic heterocycles. The van der Waals surface area contributed by atoms with Crippen LogP contribution >= 0.6 is 0 Å². The van der Waals surface area contributed by atoms with Crippen LogP contribution in [0.4, 0.5) is 0 Å². The van der Waals surface area contributed by atoms with Crippen LogP contribution in [0.5, 0.6) is 0 Å². The normalized spacial score (nSPS) is 12.3. The lowest BCUT2D eigenvalue weighted by Gasteiger charge is -2.12. The molecule has 0 saturated heterocycles. The van der Waals surface area contributed by atoms with Crippen molar-refractivity contribution in [2.24, 2.45) is 0 Å². The number of carboxylic acid groups (broad SMARTS) is 1. The van der Waals surface area contributed by atoms with Crippen LogP contribution in [-0.4, -0.2) is 11.9 Å². The van der Waals surface area contributed by atoms with Gasteiger partial charge >= 0.3 is 0 Å². The van der Waals surface area contributed by atoms with E-state index in [0.29, 0.717) is 6.08 Å². The van der Waals surface area contributed by atoms with E-state index < -0.39 is 11.9 Å². The Balaban J connectivity index is 2.55. The summed E-state index contributed by atoms with van der Waals surface area (Å²) in [5, 5.41) is 12.7. The van der Waals surface area contributed by atoms with Gasteiger partial charge < -0.3 is 15.2 Å². The maximum Gasteiger partial charge on any atom is 0.244 e. The molecule has 0 heterocycles. The molecule has 1 rings (SSSR count). The summed E-state index contributed by atoms with van der Waals surface area (Å²) in [6, 6.07) is 9.22. The molecule has 0 aromatic heterocycles. The number of carbonyl (C=O) groups excluding carboxylic acids is 2. The van der Waals surface area contributed by atoms with Crippen molar-refractivity contribution < 1.29 is 14.7 Å². The Bertz CT molecular complexity index is 398. The molecule has 0 radical (unpaired) electrons. The van der Waals surface area contributed by atoms with Crippen molar-refractivity contribution in [3.8, 4) is 0 Å². The van der Waals surface area contributed by atoms with Crippen molar-refractivity contribution >= 4 is 11.9 Å². The van der Waals surface area contributed by atoms with Crippen LogP contribution < -0.4 is 10.4 Å². The summed E-state index contributed by atoms with van der Waals surface area (Å²) in [6.07, 6.45) is 1.64. The van der Waals surface area contributed by atoms with Crippen LogP contribution in [0.2, 0.25) is 0 Å². The highest BCUT2D eigenvalue weighted by molar-refractivity contribution is 5.93. The Morgan fingerprint density at radius 1 is 1.25 bits per heavy atom. The van der Waals surface area contributed by atoms with Crippen molar-refractivity contribution in [2.75, 3.05) is 0 Å². The van der Waals surface area contributed by atoms with Crippen LogP contribution in [0, 0.1) is 0 Å². The minimum Gasteiger partial charge on any atom is -0.545 e. The summed E-state index contributed by atoms with van der Waals surface area (Å²) in [5.41, 5.74) is 0.956. The number of hydrogen-bond acceptors (Lipinski definition) is 3. The molecule has 0 aliphatic carbocycles. The smallest absolute Gasteiger partial charge is 0.244 e. The molecule has 0 unspecified atom stereocenters. The van der Waals surface area contributed by atoms with E-state index in [1.54, 1.807) is 0 Å². The number of carbonyl (C=O) groups is 2. The third-order valence-corrected chi connectivity index (χ3v) is 2.03. The topological polar surface area (TPSA) is 69.2 Å². The van der Waals surface area contributed by atoms with Crippen LogP contribution in [-0.2, 0) is 9.59 Å². The van der Waals surface area contributed by atoms with Gasteiger partial charge in [0.1, 0.15) is 0 Å². The van der Waals surface area contributed by atoms with Crippen LogP contribution in [0.1, 0.15) is 18.5 Å². The Morgan fingerprint density at radius 3 is 2.44 bits per heavy atom. The lowest BCUT2D eigenvalue weighted by atomic mass is 10.1. The monoisotopic (exact) mass is 218 g/mol. The number of carboxylic acids is 1. The van der Waals surface area contributed by atoms with Crippen LogP contribution in [0.15, 0.2) is 42.5 Å². The fourth-order valence-electron chi connectivity index (χ4n) is 1.23. The number of nitrogens with one attached hydrogen (secondary N) is 1. The second kappa shape index (κ2) is 5.70. The van der Waals surface area contributed by atoms with Crippen molar-refractivity contribution in [2.45, 2.75) is 13.0 Å². The van der Waals surface area contributed by atoms with E-state index in [0.717, 1.165) is 11.6 Å². The lowest BCUT2D eigenvalue weighted by molar-refractivity contribution is -0.297. The molecule has 0 bridgehead atoms. The molecule has 1 atom stereocenters. The average Bonchev–Trinajstić information content (AvgIpc) is 2.27. The highest BCUT2D eigenvalue weighted by Gasteiger charge is 2.05. The van der Waals surface area contributed by atoms with E-state index in [1.165, 1.54) is 0 Å². The summed E-state index contributed by atoms with van der Waals surface area (Å²) in [6.45, 7) is 1.82. The zero-order valence-electron chi connectivity index (χ0n) is 8.84. The second-order valence-electron chi connectivity index (χ2n) is 3.29. The number of amides is 1. The SMILES string of the molecule is C[C@H](NC(=O)C=CC(=O)[O-])c1ccccc1. The Hall–Kier alpha value is -2.10. The van der Waals surface area contributed by atoms with E-state index in [9.17, 15) is 14.7 Å². The number of hydrogen-bond donors (Lipinski definition) is 1. The lowest BCUT2D eigenvalue weighted by Crippen LogP contribution is -2.26. The van der Waals surface area contributed by atoms with E-state index in [-0.39, 0.29) is 6.04 Å². The molecule has 1 amide bonds. The molecule has 84 valence electrons. The average molecular weight is 218 g/mol. The van der Waals surface area contributed by atoms with Gasteiger partial charge in [-0.2, -0.15) is 0 Å². The Morgan fingerprint density at radius 2 is 1.88 bits per heavy atom. The standard InChI is InChI=1S/C12H13NO3/c1-9(10-5-3-2-4-6-10)13-11(14)7-8-12(15)16/h2-9H,1H3,(H,13,14)(H,15,16)/p-1/t9-/m0/s1. The number of benzene rings is 1. The fourth-order valence-corrected chi connectivity index (χ4v) is 1.23. The highest BCUT2D eigenvalue weighted by Crippen LogP contribution is 2.10. The molecule has 1 aromatic rings. The van der Waals surface area contributed by atoms with Crippen molar-refractivity contribution in [3.63, 3.8) is 0 Å². The molecule has 0 fully saturated rings. The minimum absolute atomic E-state index is 0.167. The second-order valence-corrected chi connectivity index (χ2v) is 3.29. The van der Waals surface area contributed by atoms with Gasteiger partial charge in [-0.15, -0.1) is 0 Å². The molecule has 16 heavy (non-hydrogen) atoms. The van der Waals surface area contributed by atoms with Crippen molar-refractivity contribution in [3.05, 3.63) is 48.0 Å². The molecule has 0 spiro atoms. The quantitative estimate of drug-likeness (QED) is 0.732. The summed E-state index contributed by atoms with van der Waals surface area (Å²) >= 11 is 0. The van der Waals surface area contributed by atoms with E-state index in [1.807, 2.05) is 37.3 Å². The summed E-state index contributed by atoms with van der Waals surface area (Å²) in [4.78, 5) is 21.3. The molecule has 1 aromatic carbocycles. The molecule has 0 saturated carbocycles. The van der Waals surface area contributed by atoms with Gasteiger partial charge in [-0.3, -0.25) is 4.79 Å². The van der Waals surface area contributed by atoms with E-state index in [4.69, 9.17) is 0 Å². The number of rotatable bonds is 4. The first-order chi connectivity index (χ1) is 7.59. The highest BCUT2D eigenvalue weighted by atomic mass is 16.4. The summed E-state index contributed by atoms with van der Waals surface area (Å²) in [7, 11) is 0. The first kappa shape index (κ1) is 12.0. The third kappa shape index (κ3) is 3.96. The number of aliphatic carboxylic acids is 1. The largest absolute Gasteiger partial charge is 0.545 e. The van der Waals surface area contributed by atoms with Gasteiger partial charge in [-0.05, 0) is 18.6 Å². The minimum atomic E-state index is -1.39. The predicted molar refractivity (Wildman–Crippen MR) is 57.1 cm³/mol. The Kier molecular flexibility index (Phi) is 4.27. The van der Waals surface area contributed by atoms with E-state index in [2.05, 4.69) is 5.32 Å². The first-order valence-electron chi connectivity index (χ1n) is 4.84. The molecular weight excluding hydrogens is 206 g/mol. The Labute approximate surface area is 93.6 Å². The molecule has 1 N–H and O–H groups in total. The first-order valence-corrected chi connectivity index (χ1v) is 4.84. The van der Waals surface area contributed by atoms with Crippen LogP contribution in [0.3, 0.4) is 0 Å². The van der Waals surface area contributed by atoms with Gasteiger partial charge in [-0.25, -0.2) is 0 Å². The predicted octanol–water partition coefficient (Wildman–Crippen LogP) is 0.170. The van der Waals surface area contributed by atoms with Crippen molar-refractivity contribution in [1.29, 1.82) is 0 Å². The zero-order chi connectivity index (χ0) is 12.0. The fraction of sp³-hybridized carbons (Fsp3) is 0.167. The zero-order valence-corrected chi connectivity index (χ0v) is 8.84. The van der Waals surface area contributed by atoms with Gasteiger partial charge in [0.2, 0.25) is 5.91 Å². The van der Waals surface area contributed by atoms with Gasteiger partial charge in [0, 0.05) is 6.08 Å². The van der Waals surface area contributed by atoms with Crippen molar-refractivity contribution in [1.82, 2.24) is 5.32 Å². The summed E-state index contributed by atoms with van der Waals surface area (Å²) < 4.78 is 0. The maximum atomic E-state index is 11.2. The van der Waals surface area contributed by atoms with Gasteiger partial charge in [0.15, 0.2) is 0 Å². The van der Waals surface area contributed by atoms with E-state index >= 15 is 0 Å². The van der Waals surface area contributed by atoms with Crippen LogP contribution in [0.25, 0.3) is 0 Å². The molecule has 0 aliphatic rings. The van der Waals surface area contributed by atoms with Gasteiger partial charge in [0.05, 0.1) is 12.0 Å². The summed E-state index contributed by atoms with van der Waals surface area (Å²) in [5.74, 6) is -1.84. The van der Waals surface area contributed by atoms with Gasteiger partial charge in [0.25, 0.3) is 0 Å². The molecule has 4 heteroatoms. The molecule has 4 nitrogen and oxygen atoms in total. The third-order valence-electron chi connectivity index (χ3n) is 2.03. The van der Waals surface area contributed by atoms with Gasteiger partial charge in [-0.1, -0.05) is 30.3 Å². The molecular formula is C12H12NO3-.